The molecule has 1 nitrogen and oxygen atoms in total. The summed E-state index contributed by atoms with van der Waals surface area (Å²) in [5.41, 5.74) is 0. The zero-order valence-corrected chi connectivity index (χ0v) is 10.3. The Morgan fingerprint density at radius 3 is 2.54 bits per heavy atom. The first-order chi connectivity index (χ1) is 6.35. The summed E-state index contributed by atoms with van der Waals surface area (Å²) in [5.74, 6) is 2.60. The fourth-order valence-electron chi connectivity index (χ4n) is 1.38. The molecule has 2 heteroatoms. The third-order valence-electron chi connectivity index (χ3n) is 2.22. The van der Waals surface area contributed by atoms with Crippen LogP contribution in [0.4, 0.5) is 0 Å². The molecule has 0 saturated carbocycles. The highest BCUT2D eigenvalue weighted by molar-refractivity contribution is 7.99. The third kappa shape index (κ3) is 8.63. The summed E-state index contributed by atoms with van der Waals surface area (Å²) in [5, 5.41) is 3.59. The highest BCUT2D eigenvalue weighted by Crippen LogP contribution is 2.07. The van der Waals surface area contributed by atoms with Crippen LogP contribution in [0.5, 0.6) is 0 Å². The molecule has 0 aliphatic rings. The van der Waals surface area contributed by atoms with Crippen LogP contribution in [0.3, 0.4) is 0 Å². The summed E-state index contributed by atoms with van der Waals surface area (Å²) in [7, 11) is 0. The van der Waals surface area contributed by atoms with Gasteiger partial charge in [0.2, 0.25) is 0 Å². The molecule has 1 N–H and O–H groups in total. The van der Waals surface area contributed by atoms with Gasteiger partial charge >= 0.3 is 0 Å². The van der Waals surface area contributed by atoms with Crippen molar-refractivity contribution in [1.29, 1.82) is 0 Å². The summed E-state index contributed by atoms with van der Waals surface area (Å²) in [6.07, 6.45) is 5.24. The smallest absolute Gasteiger partial charge is 0.00647 e. The van der Waals surface area contributed by atoms with Crippen molar-refractivity contribution in [2.45, 2.75) is 52.5 Å². The fourth-order valence-corrected chi connectivity index (χ4v) is 2.03. The first-order valence-corrected chi connectivity index (χ1v) is 6.81. The number of rotatable bonds is 9. The molecule has 0 aliphatic carbocycles. The van der Waals surface area contributed by atoms with Crippen molar-refractivity contribution in [3.8, 4) is 0 Å². The van der Waals surface area contributed by atoms with Gasteiger partial charge in [-0.25, -0.2) is 0 Å². The average molecular weight is 203 g/mol. The van der Waals surface area contributed by atoms with Crippen LogP contribution in [0.2, 0.25) is 0 Å². The van der Waals surface area contributed by atoms with Crippen LogP contribution in [-0.4, -0.2) is 24.1 Å². The molecule has 0 aromatic carbocycles. The molecule has 0 heterocycles. The number of thioether (sulfide) groups is 1. The van der Waals surface area contributed by atoms with E-state index in [9.17, 15) is 0 Å². The van der Waals surface area contributed by atoms with E-state index < -0.39 is 0 Å². The van der Waals surface area contributed by atoms with E-state index in [-0.39, 0.29) is 0 Å². The maximum absolute atomic E-state index is 3.59. The molecule has 0 fully saturated rings. The zero-order valence-electron chi connectivity index (χ0n) is 9.44. The van der Waals surface area contributed by atoms with E-state index in [0.717, 1.165) is 6.04 Å². The SMILES string of the molecule is CCCNC(CC)CCCSCC. The van der Waals surface area contributed by atoms with E-state index in [0.29, 0.717) is 0 Å². The standard InChI is InChI=1S/C11H25NS/c1-4-9-12-11(5-2)8-7-10-13-6-3/h11-12H,4-10H2,1-3H3. The lowest BCUT2D eigenvalue weighted by Gasteiger charge is -2.15. The second-order valence-electron chi connectivity index (χ2n) is 3.40. The Morgan fingerprint density at radius 1 is 1.23 bits per heavy atom. The summed E-state index contributed by atoms with van der Waals surface area (Å²) in [4.78, 5) is 0. The lowest BCUT2D eigenvalue weighted by Crippen LogP contribution is -2.29. The number of nitrogens with one attached hydrogen (secondary N) is 1. The van der Waals surface area contributed by atoms with Gasteiger partial charge in [-0.2, -0.15) is 11.8 Å². The van der Waals surface area contributed by atoms with Crippen molar-refractivity contribution in [2.75, 3.05) is 18.1 Å². The van der Waals surface area contributed by atoms with Crippen LogP contribution < -0.4 is 5.32 Å². The van der Waals surface area contributed by atoms with Gasteiger partial charge < -0.3 is 5.32 Å². The normalized spacial score (nSPS) is 13.2. The number of hydrogen-bond donors (Lipinski definition) is 1. The maximum Gasteiger partial charge on any atom is 0.00647 e. The van der Waals surface area contributed by atoms with E-state index in [2.05, 4.69) is 37.8 Å². The summed E-state index contributed by atoms with van der Waals surface area (Å²) in [6.45, 7) is 7.92. The molecule has 1 atom stereocenters. The monoisotopic (exact) mass is 203 g/mol. The Hall–Kier alpha value is 0.310. The molecule has 13 heavy (non-hydrogen) atoms. The van der Waals surface area contributed by atoms with Gasteiger partial charge in [0.05, 0.1) is 0 Å². The van der Waals surface area contributed by atoms with Crippen molar-refractivity contribution in [2.24, 2.45) is 0 Å². The van der Waals surface area contributed by atoms with Crippen molar-refractivity contribution in [1.82, 2.24) is 5.32 Å². The van der Waals surface area contributed by atoms with E-state index in [1.54, 1.807) is 0 Å². The second-order valence-corrected chi connectivity index (χ2v) is 4.79. The van der Waals surface area contributed by atoms with Gasteiger partial charge in [-0.1, -0.05) is 20.8 Å². The molecule has 0 saturated heterocycles. The topological polar surface area (TPSA) is 12.0 Å². The van der Waals surface area contributed by atoms with Gasteiger partial charge in [-0.05, 0) is 43.7 Å². The Labute approximate surface area is 88.1 Å². The van der Waals surface area contributed by atoms with Crippen LogP contribution >= 0.6 is 11.8 Å². The van der Waals surface area contributed by atoms with Crippen LogP contribution in [-0.2, 0) is 0 Å². The predicted octanol–water partition coefficient (Wildman–Crippen LogP) is 3.30. The molecule has 0 bridgehead atoms. The molecule has 0 aromatic heterocycles. The Bertz CT molecular complexity index is 96.1. The summed E-state index contributed by atoms with van der Waals surface area (Å²) < 4.78 is 0. The lowest BCUT2D eigenvalue weighted by atomic mass is 10.1. The molecule has 0 amide bonds. The zero-order chi connectivity index (χ0) is 9.94. The van der Waals surface area contributed by atoms with E-state index in [4.69, 9.17) is 0 Å². The van der Waals surface area contributed by atoms with E-state index in [1.807, 2.05) is 0 Å². The first-order valence-electron chi connectivity index (χ1n) is 5.66. The summed E-state index contributed by atoms with van der Waals surface area (Å²) in [6, 6.07) is 0.761. The first kappa shape index (κ1) is 13.3. The minimum absolute atomic E-state index is 0.761. The fraction of sp³-hybridized carbons (Fsp3) is 1.00. The van der Waals surface area contributed by atoms with Gasteiger partial charge in [-0.15, -0.1) is 0 Å². The molecular weight excluding hydrogens is 178 g/mol. The molecule has 0 rings (SSSR count). The van der Waals surface area contributed by atoms with Gasteiger partial charge in [0.1, 0.15) is 0 Å². The average Bonchev–Trinajstić information content (AvgIpc) is 2.17. The number of hydrogen-bond acceptors (Lipinski definition) is 2. The Morgan fingerprint density at radius 2 is 2.00 bits per heavy atom. The van der Waals surface area contributed by atoms with Gasteiger partial charge in [0.15, 0.2) is 0 Å². The molecule has 1 unspecified atom stereocenters. The van der Waals surface area contributed by atoms with Crippen LogP contribution in [0.25, 0.3) is 0 Å². The van der Waals surface area contributed by atoms with Crippen molar-refractivity contribution < 1.29 is 0 Å². The minimum Gasteiger partial charge on any atom is -0.314 e. The molecule has 0 radical (unpaired) electrons. The molecule has 0 aromatic rings. The van der Waals surface area contributed by atoms with E-state index in [1.165, 1.54) is 43.7 Å². The minimum atomic E-state index is 0.761. The molecular formula is C11H25NS. The van der Waals surface area contributed by atoms with Gasteiger partial charge in [-0.3, -0.25) is 0 Å². The summed E-state index contributed by atoms with van der Waals surface area (Å²) >= 11 is 2.06. The van der Waals surface area contributed by atoms with E-state index >= 15 is 0 Å². The molecule has 0 spiro atoms. The third-order valence-corrected chi connectivity index (χ3v) is 3.21. The van der Waals surface area contributed by atoms with Crippen LogP contribution in [0.15, 0.2) is 0 Å². The lowest BCUT2D eigenvalue weighted by molar-refractivity contribution is 0.465. The van der Waals surface area contributed by atoms with Crippen molar-refractivity contribution in [3.05, 3.63) is 0 Å². The maximum atomic E-state index is 3.59. The van der Waals surface area contributed by atoms with Crippen molar-refractivity contribution >= 4 is 11.8 Å². The Balaban J connectivity index is 3.25. The Kier molecular flexibility index (Phi) is 10.6. The molecule has 0 aliphatic heterocycles. The quantitative estimate of drug-likeness (QED) is 0.577. The van der Waals surface area contributed by atoms with Crippen LogP contribution in [0, 0.1) is 0 Å². The predicted molar refractivity (Wildman–Crippen MR) is 64.6 cm³/mol. The van der Waals surface area contributed by atoms with Crippen molar-refractivity contribution in [3.63, 3.8) is 0 Å². The van der Waals surface area contributed by atoms with Crippen LogP contribution in [0.1, 0.15) is 46.5 Å². The highest BCUT2D eigenvalue weighted by Gasteiger charge is 2.03. The van der Waals surface area contributed by atoms with Gasteiger partial charge in [0.25, 0.3) is 0 Å². The highest BCUT2D eigenvalue weighted by atomic mass is 32.2. The van der Waals surface area contributed by atoms with Gasteiger partial charge in [0, 0.05) is 6.04 Å². The molecule has 80 valence electrons. The second kappa shape index (κ2) is 10.4. The largest absolute Gasteiger partial charge is 0.314 e.